The maximum absolute atomic E-state index is 12.2. The van der Waals surface area contributed by atoms with E-state index in [4.69, 9.17) is 0 Å². The molecule has 2 fully saturated rings. The topological polar surface area (TPSA) is 44.6 Å². The van der Waals surface area contributed by atoms with Gasteiger partial charge in [0.1, 0.15) is 6.04 Å². The van der Waals surface area contributed by atoms with Crippen LogP contribution in [0.4, 0.5) is 0 Å². The highest BCUT2D eigenvalue weighted by atomic mass is 16.2. The molecule has 6 nitrogen and oxygen atoms in total. The van der Waals surface area contributed by atoms with E-state index in [0.717, 1.165) is 39.3 Å². The van der Waals surface area contributed by atoms with Crippen LogP contribution in [0, 0.1) is 0 Å². The van der Waals surface area contributed by atoms with Crippen molar-refractivity contribution in [3.05, 3.63) is 18.2 Å². The molecule has 0 aliphatic carbocycles. The van der Waals surface area contributed by atoms with Crippen molar-refractivity contribution in [3.8, 4) is 0 Å². The summed E-state index contributed by atoms with van der Waals surface area (Å²) in [5.74, 6) is 0.265. The maximum atomic E-state index is 12.2. The fourth-order valence-electron chi connectivity index (χ4n) is 2.93. The van der Waals surface area contributed by atoms with Crippen LogP contribution in [0.15, 0.2) is 12.5 Å². The SMILES string of the molecule is CN1CCN2CCN(Cc3cncn3C)CC2C1=O. The highest BCUT2D eigenvalue weighted by Crippen LogP contribution is 2.17. The van der Waals surface area contributed by atoms with Crippen molar-refractivity contribution in [1.82, 2.24) is 24.3 Å². The minimum Gasteiger partial charge on any atom is -0.343 e. The Bertz CT molecular complexity index is 471. The molecule has 0 bridgehead atoms. The number of hydrogen-bond donors (Lipinski definition) is 0. The largest absolute Gasteiger partial charge is 0.343 e. The number of aryl methyl sites for hydroxylation is 1. The zero-order valence-corrected chi connectivity index (χ0v) is 11.6. The molecule has 6 heteroatoms. The second-order valence-electron chi connectivity index (χ2n) is 5.54. The summed E-state index contributed by atoms with van der Waals surface area (Å²) in [6, 6.07) is 0.0423. The molecule has 104 valence electrons. The average Bonchev–Trinajstić information content (AvgIpc) is 2.80. The molecule has 0 radical (unpaired) electrons. The van der Waals surface area contributed by atoms with Gasteiger partial charge < -0.3 is 9.47 Å². The van der Waals surface area contributed by atoms with Gasteiger partial charge in [-0.15, -0.1) is 0 Å². The number of imidazole rings is 1. The number of aromatic nitrogens is 2. The van der Waals surface area contributed by atoms with E-state index in [2.05, 4.69) is 14.8 Å². The summed E-state index contributed by atoms with van der Waals surface area (Å²) in [7, 11) is 3.91. The van der Waals surface area contributed by atoms with Gasteiger partial charge in [-0.3, -0.25) is 14.6 Å². The molecule has 19 heavy (non-hydrogen) atoms. The molecule has 2 saturated heterocycles. The number of amides is 1. The summed E-state index contributed by atoms with van der Waals surface area (Å²) in [4.78, 5) is 22.9. The van der Waals surface area contributed by atoms with E-state index in [-0.39, 0.29) is 11.9 Å². The van der Waals surface area contributed by atoms with Gasteiger partial charge >= 0.3 is 0 Å². The second-order valence-corrected chi connectivity index (χ2v) is 5.54. The predicted molar refractivity (Wildman–Crippen MR) is 71.5 cm³/mol. The van der Waals surface area contributed by atoms with Gasteiger partial charge in [0.15, 0.2) is 0 Å². The van der Waals surface area contributed by atoms with Crippen molar-refractivity contribution >= 4 is 5.91 Å². The van der Waals surface area contributed by atoms with Gasteiger partial charge in [0.05, 0.1) is 12.0 Å². The predicted octanol–water partition coefficient (Wildman–Crippen LogP) is -0.622. The molecule has 3 rings (SSSR count). The summed E-state index contributed by atoms with van der Waals surface area (Å²) in [5.41, 5.74) is 1.20. The Morgan fingerprint density at radius 3 is 2.79 bits per heavy atom. The third-order valence-corrected chi connectivity index (χ3v) is 4.26. The van der Waals surface area contributed by atoms with Gasteiger partial charge in [0.25, 0.3) is 0 Å². The average molecular weight is 263 g/mol. The molecular weight excluding hydrogens is 242 g/mol. The van der Waals surface area contributed by atoms with Crippen molar-refractivity contribution in [3.63, 3.8) is 0 Å². The van der Waals surface area contributed by atoms with E-state index in [1.54, 1.807) is 0 Å². The number of carbonyl (C=O) groups is 1. The van der Waals surface area contributed by atoms with Crippen LogP contribution in [-0.4, -0.2) is 76.0 Å². The van der Waals surface area contributed by atoms with Crippen molar-refractivity contribution in [2.45, 2.75) is 12.6 Å². The van der Waals surface area contributed by atoms with Crippen molar-refractivity contribution < 1.29 is 4.79 Å². The summed E-state index contributed by atoms with van der Waals surface area (Å²) >= 11 is 0. The Hall–Kier alpha value is -1.40. The Kier molecular flexibility index (Phi) is 3.28. The van der Waals surface area contributed by atoms with Crippen LogP contribution in [0.2, 0.25) is 0 Å². The second kappa shape index (κ2) is 4.94. The van der Waals surface area contributed by atoms with Crippen molar-refractivity contribution in [1.29, 1.82) is 0 Å². The van der Waals surface area contributed by atoms with Crippen molar-refractivity contribution in [2.24, 2.45) is 7.05 Å². The molecule has 1 atom stereocenters. The minimum atomic E-state index is 0.0423. The molecular formula is C13H21N5O. The van der Waals surface area contributed by atoms with Gasteiger partial charge in [-0.05, 0) is 0 Å². The molecule has 1 amide bonds. The highest BCUT2D eigenvalue weighted by Gasteiger charge is 2.37. The van der Waals surface area contributed by atoms with Gasteiger partial charge in [-0.2, -0.15) is 0 Å². The number of hydrogen-bond acceptors (Lipinski definition) is 4. The zero-order chi connectivity index (χ0) is 13.4. The standard InChI is InChI=1S/C13H21N5O/c1-15-3-5-18-6-4-17(9-12(18)13(15)19)8-11-7-14-10-16(11)2/h7,10,12H,3-6,8-9H2,1-2H3. The lowest BCUT2D eigenvalue weighted by Crippen LogP contribution is -2.63. The number of fused-ring (bicyclic) bond motifs is 1. The molecule has 1 aromatic heterocycles. The fourth-order valence-corrected chi connectivity index (χ4v) is 2.93. The first-order chi connectivity index (χ1) is 9.15. The molecule has 0 saturated carbocycles. The highest BCUT2D eigenvalue weighted by molar-refractivity contribution is 5.82. The molecule has 0 N–H and O–H groups in total. The molecule has 0 spiro atoms. The molecule has 3 heterocycles. The first kappa shape index (κ1) is 12.6. The lowest BCUT2D eigenvalue weighted by atomic mass is 10.1. The van der Waals surface area contributed by atoms with Gasteiger partial charge in [0, 0.05) is 59.6 Å². The van der Waals surface area contributed by atoms with Crippen LogP contribution in [-0.2, 0) is 18.4 Å². The van der Waals surface area contributed by atoms with E-state index < -0.39 is 0 Å². The van der Waals surface area contributed by atoms with Crippen LogP contribution in [0.25, 0.3) is 0 Å². The van der Waals surface area contributed by atoms with Crippen LogP contribution in [0.1, 0.15) is 5.69 Å². The Morgan fingerprint density at radius 2 is 2.05 bits per heavy atom. The van der Waals surface area contributed by atoms with E-state index in [1.165, 1.54) is 5.69 Å². The Labute approximate surface area is 113 Å². The van der Waals surface area contributed by atoms with E-state index >= 15 is 0 Å². The molecule has 1 aromatic rings. The first-order valence-electron chi connectivity index (χ1n) is 6.82. The number of rotatable bonds is 2. The van der Waals surface area contributed by atoms with Crippen LogP contribution >= 0.6 is 0 Å². The lowest BCUT2D eigenvalue weighted by molar-refractivity contribution is -0.143. The third kappa shape index (κ3) is 2.37. The van der Waals surface area contributed by atoms with E-state index in [1.807, 2.05) is 36.1 Å². The molecule has 1 unspecified atom stereocenters. The van der Waals surface area contributed by atoms with Crippen LogP contribution < -0.4 is 0 Å². The quantitative estimate of drug-likeness (QED) is 0.713. The minimum absolute atomic E-state index is 0.0423. The molecule has 2 aliphatic heterocycles. The molecule has 0 aromatic carbocycles. The number of carbonyl (C=O) groups excluding carboxylic acids is 1. The monoisotopic (exact) mass is 263 g/mol. The van der Waals surface area contributed by atoms with Gasteiger partial charge in [-0.1, -0.05) is 0 Å². The van der Waals surface area contributed by atoms with Gasteiger partial charge in [0.2, 0.25) is 5.91 Å². The number of piperazine rings is 2. The normalized spacial score (nSPS) is 25.7. The van der Waals surface area contributed by atoms with Crippen LogP contribution in [0.3, 0.4) is 0 Å². The van der Waals surface area contributed by atoms with Crippen molar-refractivity contribution in [2.75, 3.05) is 39.8 Å². The summed E-state index contributed by atoms with van der Waals surface area (Å²) in [6.45, 7) is 5.58. The van der Waals surface area contributed by atoms with Gasteiger partial charge in [-0.25, -0.2) is 4.98 Å². The Balaban J connectivity index is 1.67. The first-order valence-corrected chi connectivity index (χ1v) is 6.82. The van der Waals surface area contributed by atoms with Crippen LogP contribution in [0.5, 0.6) is 0 Å². The summed E-state index contributed by atoms with van der Waals surface area (Å²) in [5, 5.41) is 0. The zero-order valence-electron chi connectivity index (χ0n) is 11.6. The number of likely N-dealkylation sites (N-methyl/N-ethyl adjacent to an activating group) is 1. The smallest absolute Gasteiger partial charge is 0.241 e. The van der Waals surface area contributed by atoms with E-state index in [0.29, 0.717) is 0 Å². The molecule has 2 aliphatic rings. The Morgan fingerprint density at radius 1 is 1.26 bits per heavy atom. The summed E-state index contributed by atoms with van der Waals surface area (Å²) < 4.78 is 2.04. The maximum Gasteiger partial charge on any atom is 0.241 e. The third-order valence-electron chi connectivity index (χ3n) is 4.26. The summed E-state index contributed by atoms with van der Waals surface area (Å²) in [6.07, 6.45) is 3.73. The fraction of sp³-hybridized carbons (Fsp3) is 0.692. The number of nitrogens with zero attached hydrogens (tertiary/aromatic N) is 5. The van der Waals surface area contributed by atoms with E-state index in [9.17, 15) is 4.79 Å². The lowest BCUT2D eigenvalue weighted by Gasteiger charge is -2.45.